The molecular formula is C25H27F3N8O. The summed E-state index contributed by atoms with van der Waals surface area (Å²) in [5.74, 6) is 1.04. The fraction of sp³-hybridized carbons (Fsp3) is 0.440. The Labute approximate surface area is 211 Å². The van der Waals surface area contributed by atoms with Gasteiger partial charge >= 0.3 is 6.18 Å². The van der Waals surface area contributed by atoms with E-state index in [1.165, 1.54) is 16.9 Å². The number of rotatable bonds is 5. The van der Waals surface area contributed by atoms with E-state index in [4.69, 9.17) is 9.72 Å². The van der Waals surface area contributed by atoms with Crippen molar-refractivity contribution in [2.24, 2.45) is 5.92 Å². The molecule has 0 radical (unpaired) electrons. The predicted molar refractivity (Wildman–Crippen MR) is 130 cm³/mol. The molecule has 12 heteroatoms. The lowest BCUT2D eigenvalue weighted by Gasteiger charge is -2.43. The maximum Gasteiger partial charge on any atom is 0.417 e. The summed E-state index contributed by atoms with van der Waals surface area (Å²) in [7, 11) is 0. The molecule has 0 unspecified atom stereocenters. The van der Waals surface area contributed by atoms with E-state index in [1.54, 1.807) is 18.5 Å². The van der Waals surface area contributed by atoms with Crippen LogP contribution < -0.4 is 4.90 Å². The maximum atomic E-state index is 13.3. The number of piperazine rings is 1. The Hall–Kier alpha value is -3.51. The molecule has 4 aromatic heterocycles. The molecule has 6 rings (SSSR count). The van der Waals surface area contributed by atoms with Crippen LogP contribution in [-0.4, -0.2) is 73.8 Å². The summed E-state index contributed by atoms with van der Waals surface area (Å²) in [6, 6.07) is 4.19. The second-order valence-corrected chi connectivity index (χ2v) is 9.60. The standard InChI is InChI=1S/C25H27F3N8O/c26-25(27,28)19-3-4-23-30-12-21(36(23)14-19)20-5-6-29-24(33-20)35-8-7-34(13-17-2-1-9-37-16-17)22(15-35)18-10-31-32-11-18/h3-6,10-12,14,17,22H,1-2,7-9,13,15-16H2,(H,31,32)/t17-,22-/m0/s1. The molecule has 6 heterocycles. The summed E-state index contributed by atoms with van der Waals surface area (Å²) in [6.07, 6.45) is 5.83. The highest BCUT2D eigenvalue weighted by molar-refractivity contribution is 5.61. The van der Waals surface area contributed by atoms with Crippen LogP contribution in [0.5, 0.6) is 0 Å². The van der Waals surface area contributed by atoms with Crippen LogP contribution in [0.4, 0.5) is 19.1 Å². The van der Waals surface area contributed by atoms with Crippen molar-refractivity contribution < 1.29 is 17.9 Å². The van der Waals surface area contributed by atoms with Crippen LogP contribution in [0.1, 0.15) is 30.0 Å². The molecule has 2 aliphatic rings. The van der Waals surface area contributed by atoms with Gasteiger partial charge in [0.2, 0.25) is 5.95 Å². The molecule has 0 aromatic carbocycles. The lowest BCUT2D eigenvalue weighted by Crippen LogP contribution is -2.50. The van der Waals surface area contributed by atoms with Crippen LogP contribution in [0.25, 0.3) is 17.0 Å². The first-order valence-electron chi connectivity index (χ1n) is 12.4. The number of anilines is 1. The number of fused-ring (bicyclic) bond motifs is 1. The Balaban J connectivity index is 1.27. The number of alkyl halides is 3. The van der Waals surface area contributed by atoms with Gasteiger partial charge in [-0.2, -0.15) is 18.3 Å². The average molecular weight is 513 g/mol. The zero-order chi connectivity index (χ0) is 25.4. The molecule has 0 amide bonds. The van der Waals surface area contributed by atoms with E-state index in [-0.39, 0.29) is 6.04 Å². The summed E-state index contributed by atoms with van der Waals surface area (Å²) < 4.78 is 47.1. The third-order valence-corrected chi connectivity index (χ3v) is 7.16. The van der Waals surface area contributed by atoms with Gasteiger partial charge in [0, 0.05) is 56.9 Å². The molecule has 0 saturated carbocycles. The Morgan fingerprint density at radius 2 is 2.03 bits per heavy atom. The number of hydrogen-bond acceptors (Lipinski definition) is 7. The fourth-order valence-electron chi connectivity index (χ4n) is 5.24. The smallest absolute Gasteiger partial charge is 0.381 e. The number of H-pyrrole nitrogens is 1. The number of aromatic nitrogens is 6. The van der Waals surface area contributed by atoms with Crippen molar-refractivity contribution in [3.05, 3.63) is 60.3 Å². The van der Waals surface area contributed by atoms with Crippen molar-refractivity contribution in [3.63, 3.8) is 0 Å². The van der Waals surface area contributed by atoms with Gasteiger partial charge in [0.1, 0.15) is 5.65 Å². The normalized spacial score (nSPS) is 21.5. The van der Waals surface area contributed by atoms with Crippen LogP contribution in [0.15, 0.2) is 49.2 Å². The number of pyridine rings is 1. The first-order chi connectivity index (χ1) is 18.0. The molecular weight excluding hydrogens is 485 g/mol. The summed E-state index contributed by atoms with van der Waals surface area (Å²) in [4.78, 5) is 18.1. The van der Waals surface area contributed by atoms with E-state index in [1.807, 2.05) is 12.4 Å². The minimum Gasteiger partial charge on any atom is -0.381 e. The van der Waals surface area contributed by atoms with E-state index in [2.05, 4.69) is 30.0 Å². The van der Waals surface area contributed by atoms with Crippen molar-refractivity contribution in [1.82, 2.24) is 34.4 Å². The largest absolute Gasteiger partial charge is 0.417 e. The highest BCUT2D eigenvalue weighted by Gasteiger charge is 2.33. The van der Waals surface area contributed by atoms with E-state index >= 15 is 0 Å². The van der Waals surface area contributed by atoms with E-state index in [0.717, 1.165) is 57.1 Å². The second-order valence-electron chi connectivity index (χ2n) is 9.60. The average Bonchev–Trinajstić information content (AvgIpc) is 3.59. The molecule has 194 valence electrons. The molecule has 2 aliphatic heterocycles. The van der Waals surface area contributed by atoms with Gasteiger partial charge in [-0.25, -0.2) is 15.0 Å². The SMILES string of the molecule is FC(F)(F)c1ccc2ncc(-c3ccnc(N4CCN(C[C@@H]5CCCOC5)[C@H](c5cn[nH]c5)C4)n3)n2c1. The van der Waals surface area contributed by atoms with Gasteiger partial charge in [-0.3, -0.25) is 14.4 Å². The van der Waals surface area contributed by atoms with Crippen LogP contribution in [-0.2, 0) is 10.9 Å². The van der Waals surface area contributed by atoms with Crippen molar-refractivity contribution in [2.75, 3.05) is 44.3 Å². The second kappa shape index (κ2) is 9.75. The highest BCUT2D eigenvalue weighted by Crippen LogP contribution is 2.32. The molecule has 2 saturated heterocycles. The van der Waals surface area contributed by atoms with Gasteiger partial charge in [0.15, 0.2) is 0 Å². The zero-order valence-electron chi connectivity index (χ0n) is 20.1. The number of nitrogens with zero attached hydrogens (tertiary/aromatic N) is 7. The van der Waals surface area contributed by atoms with Gasteiger partial charge in [-0.1, -0.05) is 0 Å². The Morgan fingerprint density at radius 1 is 1.11 bits per heavy atom. The van der Waals surface area contributed by atoms with Gasteiger partial charge in [-0.05, 0) is 37.0 Å². The number of imidazole rings is 1. The van der Waals surface area contributed by atoms with E-state index in [9.17, 15) is 13.2 Å². The lowest BCUT2D eigenvalue weighted by atomic mass is 9.98. The van der Waals surface area contributed by atoms with Crippen LogP contribution >= 0.6 is 0 Å². The lowest BCUT2D eigenvalue weighted by molar-refractivity contribution is -0.137. The number of hydrogen-bond donors (Lipinski definition) is 1. The van der Waals surface area contributed by atoms with Crippen LogP contribution in [0, 0.1) is 5.92 Å². The summed E-state index contributed by atoms with van der Waals surface area (Å²) in [5, 5.41) is 7.09. The Kier molecular flexibility index (Phi) is 6.29. The van der Waals surface area contributed by atoms with Crippen LogP contribution in [0.2, 0.25) is 0 Å². The minimum atomic E-state index is -4.45. The Bertz CT molecular complexity index is 1350. The fourth-order valence-corrected chi connectivity index (χ4v) is 5.24. The quantitative estimate of drug-likeness (QED) is 0.435. The summed E-state index contributed by atoms with van der Waals surface area (Å²) in [5.41, 5.74) is 1.77. The minimum absolute atomic E-state index is 0.104. The van der Waals surface area contributed by atoms with Crippen molar-refractivity contribution in [1.29, 1.82) is 0 Å². The van der Waals surface area contributed by atoms with Gasteiger partial charge in [-0.15, -0.1) is 0 Å². The van der Waals surface area contributed by atoms with Crippen molar-refractivity contribution >= 4 is 11.6 Å². The van der Waals surface area contributed by atoms with E-state index in [0.29, 0.717) is 35.4 Å². The van der Waals surface area contributed by atoms with E-state index < -0.39 is 11.7 Å². The molecule has 2 fully saturated rings. The molecule has 0 bridgehead atoms. The van der Waals surface area contributed by atoms with Crippen molar-refractivity contribution in [3.8, 4) is 11.4 Å². The van der Waals surface area contributed by atoms with Crippen molar-refractivity contribution in [2.45, 2.75) is 25.1 Å². The third kappa shape index (κ3) is 4.90. The molecule has 2 atom stereocenters. The van der Waals surface area contributed by atoms with Gasteiger partial charge in [0.05, 0.1) is 42.0 Å². The van der Waals surface area contributed by atoms with Crippen LogP contribution in [0.3, 0.4) is 0 Å². The first kappa shape index (κ1) is 23.9. The predicted octanol–water partition coefficient (Wildman–Crippen LogP) is 3.82. The molecule has 9 nitrogen and oxygen atoms in total. The number of nitrogens with one attached hydrogen (secondary N) is 1. The summed E-state index contributed by atoms with van der Waals surface area (Å²) in [6.45, 7) is 4.81. The topological polar surface area (TPSA) is 87.5 Å². The number of aromatic amines is 1. The molecule has 0 aliphatic carbocycles. The first-order valence-corrected chi connectivity index (χ1v) is 12.4. The maximum absolute atomic E-state index is 13.3. The monoisotopic (exact) mass is 512 g/mol. The highest BCUT2D eigenvalue weighted by atomic mass is 19.4. The van der Waals surface area contributed by atoms with Gasteiger partial charge < -0.3 is 9.64 Å². The molecule has 4 aromatic rings. The number of ether oxygens (including phenoxy) is 1. The van der Waals surface area contributed by atoms with Gasteiger partial charge in [0.25, 0.3) is 0 Å². The zero-order valence-corrected chi connectivity index (χ0v) is 20.1. The molecule has 37 heavy (non-hydrogen) atoms. The summed E-state index contributed by atoms with van der Waals surface area (Å²) >= 11 is 0. The third-order valence-electron chi connectivity index (χ3n) is 7.16. The molecule has 1 N–H and O–H groups in total. The Morgan fingerprint density at radius 3 is 2.81 bits per heavy atom. The number of halogens is 3. The molecule has 0 spiro atoms.